The molecule has 0 aliphatic carbocycles. The first-order chi connectivity index (χ1) is 9.29. The van der Waals surface area contributed by atoms with Crippen LogP contribution in [0.2, 0.25) is 0 Å². The van der Waals surface area contributed by atoms with E-state index in [-0.39, 0.29) is 17.2 Å². The van der Waals surface area contributed by atoms with Crippen LogP contribution in [0.15, 0.2) is 24.3 Å². The van der Waals surface area contributed by atoms with Gasteiger partial charge in [-0.05, 0) is 42.0 Å². The molecule has 1 aromatic carbocycles. The Morgan fingerprint density at radius 3 is 2.70 bits per heavy atom. The monoisotopic (exact) mass is 279 g/mol. The van der Waals surface area contributed by atoms with Gasteiger partial charge in [0.05, 0.1) is 0 Å². The number of benzene rings is 1. The Kier molecular flexibility index (Phi) is 4.14. The van der Waals surface area contributed by atoms with E-state index in [1.165, 1.54) is 6.07 Å². The molecule has 2 atom stereocenters. The molecule has 0 unspecified atom stereocenters. The Morgan fingerprint density at radius 1 is 1.45 bits per heavy atom. The largest absolute Gasteiger partial charge is 0.480 e. The van der Waals surface area contributed by atoms with Crippen molar-refractivity contribution in [2.45, 2.75) is 39.2 Å². The fourth-order valence-electron chi connectivity index (χ4n) is 3.13. The molecule has 1 aliphatic heterocycles. The summed E-state index contributed by atoms with van der Waals surface area (Å²) in [5, 5.41) is 9.47. The molecule has 0 saturated carbocycles. The SMILES string of the molecule is CC(C)(C)[C@H](C(=O)O)N1CC[C@@H](c2cccc(F)c2)C1. The molecule has 1 saturated heterocycles. The van der Waals surface area contributed by atoms with Gasteiger partial charge in [-0.2, -0.15) is 0 Å². The van der Waals surface area contributed by atoms with Crippen LogP contribution in [-0.4, -0.2) is 35.1 Å². The lowest BCUT2D eigenvalue weighted by atomic mass is 9.85. The van der Waals surface area contributed by atoms with Gasteiger partial charge in [0.2, 0.25) is 0 Å². The average molecular weight is 279 g/mol. The highest BCUT2D eigenvalue weighted by Crippen LogP contribution is 2.33. The molecule has 4 heteroatoms. The molecule has 20 heavy (non-hydrogen) atoms. The first kappa shape index (κ1) is 15.0. The van der Waals surface area contributed by atoms with Gasteiger partial charge in [-0.25, -0.2) is 4.39 Å². The van der Waals surface area contributed by atoms with E-state index >= 15 is 0 Å². The zero-order valence-corrected chi connectivity index (χ0v) is 12.3. The van der Waals surface area contributed by atoms with Gasteiger partial charge in [0.15, 0.2) is 0 Å². The van der Waals surface area contributed by atoms with Gasteiger partial charge in [-0.3, -0.25) is 9.69 Å². The second-order valence-electron chi connectivity index (χ2n) is 6.64. The summed E-state index contributed by atoms with van der Waals surface area (Å²) in [7, 11) is 0. The number of halogens is 1. The summed E-state index contributed by atoms with van der Waals surface area (Å²) in [4.78, 5) is 13.5. The van der Waals surface area contributed by atoms with Crippen LogP contribution in [0.4, 0.5) is 4.39 Å². The van der Waals surface area contributed by atoms with Gasteiger partial charge in [-0.1, -0.05) is 32.9 Å². The predicted molar refractivity (Wildman–Crippen MR) is 76.2 cm³/mol. The number of rotatable bonds is 3. The van der Waals surface area contributed by atoms with Gasteiger partial charge < -0.3 is 5.11 Å². The van der Waals surface area contributed by atoms with Crippen molar-refractivity contribution in [3.8, 4) is 0 Å². The highest BCUT2D eigenvalue weighted by molar-refractivity contribution is 5.74. The number of aliphatic carboxylic acids is 1. The summed E-state index contributed by atoms with van der Waals surface area (Å²) in [6, 6.07) is 6.13. The molecule has 0 bridgehead atoms. The van der Waals surface area contributed by atoms with E-state index in [1.807, 2.05) is 31.7 Å². The van der Waals surface area contributed by atoms with Crippen LogP contribution in [-0.2, 0) is 4.79 Å². The number of carboxylic acid groups (broad SMARTS) is 1. The van der Waals surface area contributed by atoms with Crippen molar-refractivity contribution in [3.63, 3.8) is 0 Å². The summed E-state index contributed by atoms with van der Waals surface area (Å²) in [5.41, 5.74) is 0.647. The van der Waals surface area contributed by atoms with Crippen LogP contribution in [0, 0.1) is 11.2 Å². The third-order valence-corrected chi connectivity index (χ3v) is 3.96. The molecular formula is C16H22FNO2. The zero-order chi connectivity index (χ0) is 14.9. The number of carboxylic acids is 1. The topological polar surface area (TPSA) is 40.5 Å². The van der Waals surface area contributed by atoms with Crippen molar-refractivity contribution in [2.24, 2.45) is 5.41 Å². The van der Waals surface area contributed by atoms with Crippen molar-refractivity contribution < 1.29 is 14.3 Å². The summed E-state index contributed by atoms with van der Waals surface area (Å²) in [6.45, 7) is 7.26. The smallest absolute Gasteiger partial charge is 0.321 e. The maximum Gasteiger partial charge on any atom is 0.321 e. The predicted octanol–water partition coefficient (Wildman–Crippen LogP) is 3.11. The van der Waals surface area contributed by atoms with E-state index in [0.29, 0.717) is 6.54 Å². The molecule has 3 nitrogen and oxygen atoms in total. The van der Waals surface area contributed by atoms with Crippen LogP contribution in [0.1, 0.15) is 38.7 Å². The molecule has 1 N–H and O–H groups in total. The Morgan fingerprint density at radius 2 is 2.15 bits per heavy atom. The van der Waals surface area contributed by atoms with Crippen molar-refractivity contribution in [1.29, 1.82) is 0 Å². The van der Waals surface area contributed by atoms with Crippen LogP contribution < -0.4 is 0 Å². The van der Waals surface area contributed by atoms with Crippen molar-refractivity contribution in [2.75, 3.05) is 13.1 Å². The Balaban J connectivity index is 2.14. The second-order valence-corrected chi connectivity index (χ2v) is 6.64. The van der Waals surface area contributed by atoms with E-state index in [2.05, 4.69) is 0 Å². The fraction of sp³-hybridized carbons (Fsp3) is 0.562. The van der Waals surface area contributed by atoms with Gasteiger partial charge in [0.1, 0.15) is 11.9 Å². The van der Waals surface area contributed by atoms with Crippen molar-refractivity contribution >= 4 is 5.97 Å². The van der Waals surface area contributed by atoms with Crippen molar-refractivity contribution in [1.82, 2.24) is 4.90 Å². The quantitative estimate of drug-likeness (QED) is 0.924. The minimum atomic E-state index is -0.780. The van der Waals surface area contributed by atoms with Crippen LogP contribution in [0.3, 0.4) is 0 Å². The van der Waals surface area contributed by atoms with Gasteiger partial charge >= 0.3 is 5.97 Å². The number of nitrogens with zero attached hydrogens (tertiary/aromatic N) is 1. The van der Waals surface area contributed by atoms with E-state index in [1.54, 1.807) is 12.1 Å². The molecule has 0 radical (unpaired) electrons. The minimum absolute atomic E-state index is 0.217. The molecule has 1 aromatic rings. The molecular weight excluding hydrogens is 257 g/mol. The molecule has 0 aromatic heterocycles. The Labute approximate surface area is 119 Å². The average Bonchev–Trinajstić information content (AvgIpc) is 2.75. The highest BCUT2D eigenvalue weighted by atomic mass is 19.1. The summed E-state index contributed by atoms with van der Waals surface area (Å²) in [5.74, 6) is -0.793. The minimum Gasteiger partial charge on any atom is -0.480 e. The maximum absolute atomic E-state index is 13.3. The van der Waals surface area contributed by atoms with E-state index in [4.69, 9.17) is 0 Å². The molecule has 0 amide bonds. The molecule has 1 fully saturated rings. The lowest BCUT2D eigenvalue weighted by molar-refractivity contribution is -0.147. The highest BCUT2D eigenvalue weighted by Gasteiger charge is 2.40. The first-order valence-corrected chi connectivity index (χ1v) is 7.01. The molecule has 0 spiro atoms. The summed E-state index contributed by atoms with van der Waals surface area (Å²) >= 11 is 0. The lowest BCUT2D eigenvalue weighted by Crippen LogP contribution is -2.48. The zero-order valence-electron chi connectivity index (χ0n) is 12.3. The van der Waals surface area contributed by atoms with Crippen LogP contribution in [0.25, 0.3) is 0 Å². The van der Waals surface area contributed by atoms with E-state index in [9.17, 15) is 14.3 Å². The van der Waals surface area contributed by atoms with Crippen LogP contribution in [0.5, 0.6) is 0 Å². The Bertz CT molecular complexity index is 495. The number of hydrogen-bond donors (Lipinski definition) is 1. The summed E-state index contributed by atoms with van der Waals surface area (Å²) in [6.07, 6.45) is 0.878. The Hall–Kier alpha value is -1.42. The number of carbonyl (C=O) groups is 1. The lowest BCUT2D eigenvalue weighted by Gasteiger charge is -2.34. The normalized spacial score (nSPS) is 21.9. The number of likely N-dealkylation sites (tertiary alicyclic amines) is 1. The van der Waals surface area contributed by atoms with Crippen molar-refractivity contribution in [3.05, 3.63) is 35.6 Å². The molecule has 1 aliphatic rings. The van der Waals surface area contributed by atoms with E-state index < -0.39 is 12.0 Å². The van der Waals surface area contributed by atoms with Crippen LogP contribution >= 0.6 is 0 Å². The summed E-state index contributed by atoms with van der Waals surface area (Å²) < 4.78 is 13.3. The second kappa shape index (κ2) is 5.52. The third kappa shape index (κ3) is 3.18. The molecule has 110 valence electrons. The first-order valence-electron chi connectivity index (χ1n) is 7.01. The van der Waals surface area contributed by atoms with E-state index in [0.717, 1.165) is 18.5 Å². The standard InChI is InChI=1S/C16H22FNO2/c1-16(2,3)14(15(19)20)18-8-7-12(10-18)11-5-4-6-13(17)9-11/h4-6,9,12,14H,7-8,10H2,1-3H3,(H,19,20)/t12-,14+/m1/s1. The molecule has 1 heterocycles. The maximum atomic E-state index is 13.3. The number of hydrogen-bond acceptors (Lipinski definition) is 2. The van der Waals surface area contributed by atoms with Gasteiger partial charge in [0.25, 0.3) is 0 Å². The van der Waals surface area contributed by atoms with Gasteiger partial charge in [-0.15, -0.1) is 0 Å². The molecule has 2 rings (SSSR count). The van der Waals surface area contributed by atoms with Gasteiger partial charge in [0, 0.05) is 6.54 Å². The fourth-order valence-corrected chi connectivity index (χ4v) is 3.13. The third-order valence-electron chi connectivity index (χ3n) is 3.96.